The summed E-state index contributed by atoms with van der Waals surface area (Å²) in [6, 6.07) is 3.15. The van der Waals surface area contributed by atoms with Crippen molar-refractivity contribution in [2.75, 3.05) is 29.7 Å². The fraction of sp³-hybridized carbons (Fsp3) is 0.394. The molecule has 7 rings (SSSR count). The minimum Gasteiger partial charge on any atom is -0.511 e. The number of fused-ring (bicyclic) bond motifs is 2. The Morgan fingerprint density at radius 2 is 1.58 bits per heavy atom. The highest BCUT2D eigenvalue weighted by Crippen LogP contribution is 2.43. The van der Waals surface area contributed by atoms with Gasteiger partial charge in [-0.3, -0.25) is 4.79 Å². The van der Waals surface area contributed by atoms with Crippen molar-refractivity contribution in [3.05, 3.63) is 68.9 Å². The Morgan fingerprint density at radius 3 is 2.19 bits per heavy atom. The number of aliphatic hydroxyl groups excluding tert-OH is 1. The van der Waals surface area contributed by atoms with Crippen LogP contribution in [0.5, 0.6) is 0 Å². The van der Waals surface area contributed by atoms with Crippen molar-refractivity contribution in [3.63, 3.8) is 0 Å². The zero-order valence-electron chi connectivity index (χ0n) is 30.9. The molecule has 0 spiro atoms. The molecule has 3 aromatic rings. The van der Waals surface area contributed by atoms with Crippen molar-refractivity contribution < 1.29 is 57.9 Å². The maximum Gasteiger partial charge on any atom is 0.329 e. The molecular formula is C33H36FN7O12S6. The molecule has 19 nitrogen and oxygen atoms in total. The summed E-state index contributed by atoms with van der Waals surface area (Å²) in [6.45, 7) is -1.23. The number of benzene rings is 1. The number of amides is 1. The van der Waals surface area contributed by atoms with Gasteiger partial charge >= 0.3 is 5.97 Å². The first-order valence-electron chi connectivity index (χ1n) is 17.6. The van der Waals surface area contributed by atoms with Gasteiger partial charge in [-0.1, -0.05) is 25.0 Å². The lowest BCUT2D eigenvalue weighted by Crippen LogP contribution is -2.52. The fourth-order valence-electron chi connectivity index (χ4n) is 7.49. The van der Waals surface area contributed by atoms with Crippen LogP contribution in [0, 0.1) is 17.7 Å². The molecule has 1 fully saturated rings. The third kappa shape index (κ3) is 8.66. The number of thiophene rings is 2. The molecule has 0 saturated heterocycles. The van der Waals surface area contributed by atoms with Crippen LogP contribution in [-0.2, 0) is 69.3 Å². The predicted octanol–water partition coefficient (Wildman–Crippen LogP) is 2.60. The second kappa shape index (κ2) is 15.6. The van der Waals surface area contributed by atoms with E-state index < -0.39 is 104 Å². The van der Waals surface area contributed by atoms with Gasteiger partial charge < -0.3 is 25.7 Å². The maximum absolute atomic E-state index is 14.0. The number of halogens is 1. The number of anilines is 2. The number of nitrogens with zero attached hydrogens (tertiary/aromatic N) is 4. The second-order valence-corrected chi connectivity index (χ2v) is 22.9. The molecule has 1 aliphatic carbocycles. The number of carboxylic acid groups (broad SMARTS) is 1. The number of aliphatic carboxylic acids is 1. The van der Waals surface area contributed by atoms with Gasteiger partial charge in [0.05, 0.1) is 12.5 Å². The molecule has 26 heteroatoms. The van der Waals surface area contributed by atoms with E-state index in [1.165, 1.54) is 39.9 Å². The average Bonchev–Trinajstić information content (AvgIpc) is 3.89. The molecule has 5 N–H and O–H groups in total. The molecule has 2 atom stereocenters. The summed E-state index contributed by atoms with van der Waals surface area (Å²) in [5.41, 5.74) is -0.0496. The molecule has 0 radical (unpaired) electrons. The first-order chi connectivity index (χ1) is 27.5. The van der Waals surface area contributed by atoms with Crippen LogP contribution < -0.4 is 15.4 Å². The highest BCUT2D eigenvalue weighted by Gasteiger charge is 2.45. The quantitative estimate of drug-likeness (QED) is 0.165. The fourth-order valence-corrected chi connectivity index (χ4v) is 14.1. The van der Waals surface area contributed by atoms with Gasteiger partial charge in [0.1, 0.15) is 36.9 Å². The molecule has 318 valence electrons. The third-order valence-corrected chi connectivity index (χ3v) is 17.0. The van der Waals surface area contributed by atoms with Crippen LogP contribution >= 0.6 is 22.7 Å². The van der Waals surface area contributed by atoms with Crippen molar-refractivity contribution in [3.8, 4) is 0 Å². The Kier molecular flexibility index (Phi) is 11.3. The molecule has 0 bridgehead atoms. The second-order valence-electron chi connectivity index (χ2n) is 14.3. The van der Waals surface area contributed by atoms with Crippen molar-refractivity contribution in [2.45, 2.75) is 61.2 Å². The smallest absolute Gasteiger partial charge is 0.329 e. The minimum absolute atomic E-state index is 0.00578. The van der Waals surface area contributed by atoms with Crippen molar-refractivity contribution in [2.24, 2.45) is 20.6 Å². The first-order valence-corrected chi connectivity index (χ1v) is 26.0. The molecule has 1 aromatic carbocycles. The van der Waals surface area contributed by atoms with Crippen molar-refractivity contribution in [1.29, 1.82) is 0 Å². The normalized spacial score (nSPS) is 21.0. The van der Waals surface area contributed by atoms with E-state index in [0.717, 1.165) is 54.6 Å². The number of carbonyl (C=O) groups excluding carboxylic acids is 1. The summed E-state index contributed by atoms with van der Waals surface area (Å²) in [5, 5.41) is 29.6. The van der Waals surface area contributed by atoms with Crippen LogP contribution in [0.2, 0.25) is 0 Å². The zero-order chi connectivity index (χ0) is 42.8. The Morgan fingerprint density at radius 1 is 0.983 bits per heavy atom. The number of carbonyl (C=O) groups is 2. The molecule has 4 aliphatic rings. The van der Waals surface area contributed by atoms with Crippen LogP contribution in [0.15, 0.2) is 64.9 Å². The molecule has 3 aliphatic heterocycles. The molecule has 5 heterocycles. The maximum atomic E-state index is 14.0. The van der Waals surface area contributed by atoms with E-state index in [9.17, 15) is 57.9 Å². The number of sulfonamides is 4. The van der Waals surface area contributed by atoms with Crippen LogP contribution in [0.1, 0.15) is 42.4 Å². The standard InChI is InChI=1S/C33H36FN7O12S6/c1-56(46,47)35-11-19-15-54-30-26(19)58(50,51)39-29(37-30)24(33(44)45)41(57(2,48)49)13-20-16-55-31-27(20)59(52,53)38-28(36-31)23-25(42)22(18-5-3-4-6-18)14-40(32(23)43)12-17-7-9-21(34)10-8-17/h7-10,15-16,18,22,24,35,42H,3-6,11-14H2,1-2H3,(H,36,38)(H,37,39)(H,44,45). The Hall–Kier alpha value is -4.31. The molecular weight excluding hydrogens is 898 g/mol. The number of carboxylic acids is 1. The van der Waals surface area contributed by atoms with E-state index in [0.29, 0.717) is 16.1 Å². The Bertz CT molecular complexity index is 2790. The van der Waals surface area contributed by atoms with Crippen LogP contribution in [0.3, 0.4) is 0 Å². The summed E-state index contributed by atoms with van der Waals surface area (Å²) >= 11 is 1.54. The number of amidine groups is 2. The molecule has 59 heavy (non-hydrogen) atoms. The van der Waals surface area contributed by atoms with Crippen LogP contribution in [0.25, 0.3) is 0 Å². The van der Waals surface area contributed by atoms with E-state index >= 15 is 0 Å². The first kappa shape index (κ1) is 42.8. The lowest BCUT2D eigenvalue weighted by Gasteiger charge is -2.37. The summed E-state index contributed by atoms with van der Waals surface area (Å²) < 4.78 is 128. The van der Waals surface area contributed by atoms with Gasteiger partial charge in [-0.15, -0.1) is 31.5 Å². The van der Waals surface area contributed by atoms with Crippen LogP contribution in [-0.4, -0.2) is 102 Å². The van der Waals surface area contributed by atoms with E-state index in [2.05, 4.69) is 24.2 Å². The summed E-state index contributed by atoms with van der Waals surface area (Å²) in [6.07, 6.45) is 4.82. The zero-order valence-corrected chi connectivity index (χ0v) is 35.8. The molecule has 2 aromatic heterocycles. The highest BCUT2D eigenvalue weighted by atomic mass is 32.2. The lowest BCUT2D eigenvalue weighted by atomic mass is 9.83. The van der Waals surface area contributed by atoms with Crippen molar-refractivity contribution >= 4 is 96.3 Å². The molecule has 2 unspecified atom stereocenters. The van der Waals surface area contributed by atoms with Gasteiger partial charge in [0.15, 0.2) is 17.7 Å². The van der Waals surface area contributed by atoms with E-state index in [1.54, 1.807) is 0 Å². The minimum atomic E-state index is -4.81. The largest absolute Gasteiger partial charge is 0.511 e. The Labute approximate surface area is 346 Å². The van der Waals surface area contributed by atoms with Gasteiger partial charge in [-0.2, -0.15) is 21.1 Å². The van der Waals surface area contributed by atoms with E-state index in [4.69, 9.17) is 0 Å². The number of rotatable bonds is 13. The van der Waals surface area contributed by atoms with Gasteiger partial charge in [0.25, 0.3) is 26.0 Å². The Balaban J connectivity index is 1.21. The topological polar surface area (TPSA) is 278 Å². The summed E-state index contributed by atoms with van der Waals surface area (Å²) in [5.74, 6) is -5.33. The number of nitrogens with one attached hydrogen (secondary N) is 3. The summed E-state index contributed by atoms with van der Waals surface area (Å²) in [7, 11) is -17.9. The van der Waals surface area contributed by atoms with E-state index in [-0.39, 0.29) is 51.5 Å². The van der Waals surface area contributed by atoms with Gasteiger partial charge in [-0.25, -0.2) is 30.7 Å². The van der Waals surface area contributed by atoms with Gasteiger partial charge in [-0.05, 0) is 47.2 Å². The van der Waals surface area contributed by atoms with Gasteiger partial charge in [0, 0.05) is 43.2 Å². The van der Waals surface area contributed by atoms with Crippen molar-refractivity contribution in [1.82, 2.24) is 13.9 Å². The molecule has 1 saturated carbocycles. The number of hydrogen-bond donors (Lipinski definition) is 5. The summed E-state index contributed by atoms with van der Waals surface area (Å²) in [4.78, 5) is 27.3. The molecule has 1 amide bonds. The van der Waals surface area contributed by atoms with Crippen LogP contribution in [0.4, 0.5) is 14.4 Å². The van der Waals surface area contributed by atoms with E-state index in [1.807, 2.05) is 0 Å². The number of aliphatic hydroxyl groups is 1. The monoisotopic (exact) mass is 933 g/mol. The highest BCUT2D eigenvalue weighted by molar-refractivity contribution is 7.91. The predicted molar refractivity (Wildman–Crippen MR) is 216 cm³/mol. The SMILES string of the molecule is CS(=O)(=O)NCc1csc2c1S(=O)(=O)N=C(C(C(=O)O)N(Cc1csc3c1S(=O)(=O)N=C(C1=C(O)C(C4CCCC4)CN(Cc4ccc(F)cc4)C1=O)N3)S(C)(=O)=O)N2. The third-order valence-electron chi connectivity index (χ3n) is 10.1. The lowest BCUT2D eigenvalue weighted by molar-refractivity contribution is -0.139. The number of hydrogen-bond acceptors (Lipinski definition) is 15. The van der Waals surface area contributed by atoms with Gasteiger partial charge in [0.2, 0.25) is 20.0 Å². The average molecular weight is 934 g/mol.